The molecule has 1 N–H and O–H groups in total. The van der Waals surface area contributed by atoms with Crippen LogP contribution in [0.1, 0.15) is 39.5 Å². The molecule has 0 spiro atoms. The highest BCUT2D eigenvalue weighted by molar-refractivity contribution is 5.74. The van der Waals surface area contributed by atoms with Gasteiger partial charge in [0.05, 0.1) is 13.0 Å². The number of nitrogens with one attached hydrogen (secondary N) is 1. The van der Waals surface area contributed by atoms with E-state index in [-0.39, 0.29) is 17.8 Å². The Kier molecular flexibility index (Phi) is 5.40. The minimum Gasteiger partial charge on any atom is -0.466 e. The first-order valence-electron chi connectivity index (χ1n) is 7.73. The summed E-state index contributed by atoms with van der Waals surface area (Å²) in [4.78, 5) is 25.1. The van der Waals surface area contributed by atoms with Crippen molar-refractivity contribution in [2.45, 2.75) is 45.6 Å². The molecule has 0 radical (unpaired) electrons. The minimum absolute atomic E-state index is 0.0942. The van der Waals surface area contributed by atoms with Crippen molar-refractivity contribution < 1.29 is 14.3 Å². The number of carbonyl (C=O) groups is 2. The zero-order valence-electron chi connectivity index (χ0n) is 12.6. The lowest BCUT2D eigenvalue weighted by Crippen LogP contribution is -2.51. The van der Waals surface area contributed by atoms with Gasteiger partial charge in [0.2, 0.25) is 5.91 Å². The Hall–Kier alpha value is -1.10. The first-order chi connectivity index (χ1) is 9.58. The number of likely N-dealkylation sites (tertiary alicyclic amines) is 1. The topological polar surface area (TPSA) is 58.6 Å². The molecule has 5 heteroatoms. The average Bonchev–Trinajstić information content (AvgIpc) is 3.20. The number of rotatable bonds is 6. The summed E-state index contributed by atoms with van der Waals surface area (Å²) in [5.41, 5.74) is 0. The van der Waals surface area contributed by atoms with Crippen LogP contribution in [0, 0.1) is 11.8 Å². The Morgan fingerprint density at radius 1 is 1.25 bits per heavy atom. The molecule has 2 unspecified atom stereocenters. The average molecular weight is 282 g/mol. The lowest BCUT2D eigenvalue weighted by Gasteiger charge is -2.37. The zero-order chi connectivity index (χ0) is 14.5. The molecule has 1 saturated carbocycles. The molecule has 1 aliphatic heterocycles. The molecule has 1 aliphatic carbocycles. The van der Waals surface area contributed by atoms with Crippen LogP contribution in [0.25, 0.3) is 0 Å². The molecule has 20 heavy (non-hydrogen) atoms. The van der Waals surface area contributed by atoms with Crippen LogP contribution in [0.5, 0.6) is 0 Å². The van der Waals surface area contributed by atoms with Crippen molar-refractivity contribution in [1.82, 2.24) is 10.2 Å². The second-order valence-corrected chi connectivity index (χ2v) is 6.08. The van der Waals surface area contributed by atoms with E-state index in [0.717, 1.165) is 25.4 Å². The zero-order valence-corrected chi connectivity index (χ0v) is 12.6. The van der Waals surface area contributed by atoms with Crippen LogP contribution in [0.3, 0.4) is 0 Å². The lowest BCUT2D eigenvalue weighted by molar-refractivity contribution is -0.145. The van der Waals surface area contributed by atoms with E-state index in [1.165, 1.54) is 12.8 Å². The van der Waals surface area contributed by atoms with E-state index in [4.69, 9.17) is 4.74 Å². The van der Waals surface area contributed by atoms with Crippen LogP contribution in [-0.4, -0.2) is 49.1 Å². The van der Waals surface area contributed by atoms with Gasteiger partial charge < -0.3 is 15.0 Å². The second-order valence-electron chi connectivity index (χ2n) is 6.08. The fraction of sp³-hybridized carbons (Fsp3) is 0.867. The number of hydrogen-bond donors (Lipinski definition) is 1. The fourth-order valence-corrected chi connectivity index (χ4v) is 2.87. The van der Waals surface area contributed by atoms with Crippen LogP contribution in [0.4, 0.5) is 0 Å². The van der Waals surface area contributed by atoms with Crippen LogP contribution in [0.15, 0.2) is 0 Å². The summed E-state index contributed by atoms with van der Waals surface area (Å²) in [6.07, 6.45) is 4.01. The maximum atomic E-state index is 11.6. The van der Waals surface area contributed by atoms with Crippen molar-refractivity contribution >= 4 is 11.9 Å². The van der Waals surface area contributed by atoms with Crippen molar-refractivity contribution in [1.29, 1.82) is 0 Å². The Morgan fingerprint density at radius 2 is 2.00 bits per heavy atom. The molecule has 2 atom stereocenters. The van der Waals surface area contributed by atoms with E-state index in [0.29, 0.717) is 25.6 Å². The van der Waals surface area contributed by atoms with E-state index in [1.54, 1.807) is 6.92 Å². The second kappa shape index (κ2) is 7.07. The molecule has 1 saturated heterocycles. The Bertz CT molecular complexity index is 355. The number of piperidine rings is 1. The Balaban J connectivity index is 1.85. The van der Waals surface area contributed by atoms with Crippen LogP contribution < -0.4 is 5.32 Å². The number of amides is 1. The van der Waals surface area contributed by atoms with Crippen molar-refractivity contribution in [2.75, 3.05) is 26.2 Å². The number of hydrogen-bond acceptors (Lipinski definition) is 4. The number of ether oxygens (including phenoxy) is 1. The first kappa shape index (κ1) is 15.3. The molecular formula is C15H26N2O3. The quantitative estimate of drug-likeness (QED) is 0.743. The normalized spacial score (nSPS) is 26.4. The monoisotopic (exact) mass is 282 g/mol. The smallest absolute Gasteiger partial charge is 0.306 e. The van der Waals surface area contributed by atoms with E-state index >= 15 is 0 Å². The highest BCUT2D eigenvalue weighted by Gasteiger charge is 2.31. The molecule has 0 aromatic heterocycles. The van der Waals surface area contributed by atoms with Gasteiger partial charge in [0.15, 0.2) is 0 Å². The molecule has 5 nitrogen and oxygen atoms in total. The molecule has 2 aliphatic rings. The number of esters is 1. The van der Waals surface area contributed by atoms with Crippen LogP contribution in [0.2, 0.25) is 0 Å². The van der Waals surface area contributed by atoms with Gasteiger partial charge in [-0.25, -0.2) is 0 Å². The third kappa shape index (κ3) is 4.78. The third-order valence-electron chi connectivity index (χ3n) is 4.14. The molecule has 0 bridgehead atoms. The molecule has 0 aromatic rings. The highest BCUT2D eigenvalue weighted by Crippen LogP contribution is 2.28. The van der Waals surface area contributed by atoms with Gasteiger partial charge >= 0.3 is 5.97 Å². The largest absolute Gasteiger partial charge is 0.466 e. The van der Waals surface area contributed by atoms with E-state index in [9.17, 15) is 9.59 Å². The van der Waals surface area contributed by atoms with Crippen molar-refractivity contribution in [3.8, 4) is 0 Å². The molecule has 114 valence electrons. The van der Waals surface area contributed by atoms with Crippen molar-refractivity contribution in [3.05, 3.63) is 0 Å². The summed E-state index contributed by atoms with van der Waals surface area (Å²) < 4.78 is 5.02. The summed E-state index contributed by atoms with van der Waals surface area (Å²) in [7, 11) is 0. The lowest BCUT2D eigenvalue weighted by atomic mass is 9.91. The number of nitrogens with zero attached hydrogens (tertiary/aromatic N) is 1. The summed E-state index contributed by atoms with van der Waals surface area (Å²) in [6, 6.07) is 0.313. The van der Waals surface area contributed by atoms with E-state index < -0.39 is 0 Å². The van der Waals surface area contributed by atoms with Gasteiger partial charge in [-0.1, -0.05) is 0 Å². The summed E-state index contributed by atoms with van der Waals surface area (Å²) >= 11 is 0. The molecule has 1 heterocycles. The fourth-order valence-electron chi connectivity index (χ4n) is 2.87. The highest BCUT2D eigenvalue weighted by atomic mass is 16.5. The predicted molar refractivity (Wildman–Crippen MR) is 76.1 cm³/mol. The molecule has 0 aromatic carbocycles. The van der Waals surface area contributed by atoms with Crippen molar-refractivity contribution in [2.24, 2.45) is 11.8 Å². The molecular weight excluding hydrogens is 256 g/mol. The number of carbonyl (C=O) groups excluding carboxylic acids is 2. The Morgan fingerprint density at radius 3 is 2.60 bits per heavy atom. The van der Waals surface area contributed by atoms with Gasteiger partial charge in [-0.15, -0.1) is 0 Å². The third-order valence-corrected chi connectivity index (χ3v) is 4.14. The van der Waals surface area contributed by atoms with Crippen LogP contribution >= 0.6 is 0 Å². The van der Waals surface area contributed by atoms with Gasteiger partial charge in [-0.3, -0.25) is 9.59 Å². The van der Waals surface area contributed by atoms with Gasteiger partial charge in [0, 0.05) is 26.1 Å². The molecule has 2 fully saturated rings. The van der Waals surface area contributed by atoms with E-state index in [1.807, 2.05) is 11.8 Å². The summed E-state index contributed by atoms with van der Waals surface area (Å²) in [6.45, 7) is 6.33. The van der Waals surface area contributed by atoms with Crippen LogP contribution in [-0.2, 0) is 14.3 Å². The molecule has 2 rings (SSSR count). The predicted octanol–water partition coefficient (Wildman–Crippen LogP) is 1.18. The maximum absolute atomic E-state index is 11.6. The van der Waals surface area contributed by atoms with Gasteiger partial charge in [-0.2, -0.15) is 0 Å². The molecule has 1 amide bonds. The van der Waals surface area contributed by atoms with Crippen molar-refractivity contribution in [3.63, 3.8) is 0 Å². The van der Waals surface area contributed by atoms with E-state index in [2.05, 4.69) is 5.32 Å². The summed E-state index contributed by atoms with van der Waals surface area (Å²) in [5, 5.41) is 3.56. The van der Waals surface area contributed by atoms with Gasteiger partial charge in [0.1, 0.15) is 0 Å². The maximum Gasteiger partial charge on any atom is 0.306 e. The minimum atomic E-state index is -0.149. The Labute approximate surface area is 121 Å². The van der Waals surface area contributed by atoms with Gasteiger partial charge in [-0.05, 0) is 44.6 Å². The standard InChI is InChI=1S/C15H26N2O3/c1-3-20-15(19)7-13-6-14(16-8-12-4-5-12)10-17(9-13)11(2)18/h12-14,16H,3-10H2,1-2H3. The summed E-state index contributed by atoms with van der Waals surface area (Å²) in [5.74, 6) is 0.982. The first-order valence-corrected chi connectivity index (χ1v) is 7.73. The van der Waals surface area contributed by atoms with Gasteiger partial charge in [0.25, 0.3) is 0 Å². The SMILES string of the molecule is CCOC(=O)CC1CC(NCC2CC2)CN(C(C)=O)C1.